The third-order valence-corrected chi connectivity index (χ3v) is 7.86. The van der Waals surface area contributed by atoms with Crippen molar-refractivity contribution in [3.63, 3.8) is 0 Å². The van der Waals surface area contributed by atoms with Crippen LogP contribution in [-0.2, 0) is 4.79 Å². The summed E-state index contributed by atoms with van der Waals surface area (Å²) in [7, 11) is 5.05. The molecule has 0 aliphatic rings. The van der Waals surface area contributed by atoms with E-state index in [-0.39, 0.29) is 23.2 Å². The molecule has 0 atom stereocenters. The van der Waals surface area contributed by atoms with Crippen molar-refractivity contribution in [2.75, 3.05) is 40.2 Å². The van der Waals surface area contributed by atoms with Gasteiger partial charge >= 0.3 is 5.97 Å². The van der Waals surface area contributed by atoms with Gasteiger partial charge in [0.25, 0.3) is 5.91 Å². The first-order valence-corrected chi connectivity index (χ1v) is 14.2. The summed E-state index contributed by atoms with van der Waals surface area (Å²) >= 11 is 5.19. The molecule has 0 bridgehead atoms. The van der Waals surface area contributed by atoms with Crippen LogP contribution >= 0.6 is 46.2 Å². The number of carboxylic acids is 1. The SMILES string of the molecule is CSc1ncnc2sc(C(=O)N(C)CCC(=O)N(C)C)nc12.CSc1ncnc2sc(C(=O)O)nc12. The lowest BCUT2D eigenvalue weighted by atomic mass is 10.3. The maximum absolute atomic E-state index is 12.4. The van der Waals surface area contributed by atoms with Gasteiger partial charge in [0.2, 0.25) is 10.9 Å². The van der Waals surface area contributed by atoms with Crippen LogP contribution in [0.25, 0.3) is 20.7 Å². The highest BCUT2D eigenvalue weighted by Gasteiger charge is 2.20. The number of carbonyl (C=O) groups excluding carboxylic acids is 2. The quantitative estimate of drug-likeness (QED) is 0.258. The summed E-state index contributed by atoms with van der Waals surface area (Å²) < 4.78 is 0. The van der Waals surface area contributed by atoms with E-state index in [2.05, 4.69) is 29.9 Å². The van der Waals surface area contributed by atoms with E-state index in [1.54, 1.807) is 21.1 Å². The Hall–Kier alpha value is -2.95. The third-order valence-electron chi connectivity index (χ3n) is 4.58. The van der Waals surface area contributed by atoms with Crippen LogP contribution in [0.1, 0.15) is 26.0 Å². The minimum Gasteiger partial charge on any atom is -0.476 e. The molecule has 2 amide bonds. The number of carbonyl (C=O) groups is 3. The molecule has 16 heteroatoms. The fourth-order valence-electron chi connectivity index (χ4n) is 2.70. The number of aromatic carboxylic acids is 1. The van der Waals surface area contributed by atoms with Gasteiger partial charge in [0.15, 0.2) is 5.01 Å². The number of amides is 2. The maximum Gasteiger partial charge on any atom is 0.365 e. The fourth-order valence-corrected chi connectivity index (χ4v) is 5.45. The molecule has 0 radical (unpaired) electrons. The van der Waals surface area contributed by atoms with E-state index < -0.39 is 5.97 Å². The molecule has 4 rings (SSSR count). The van der Waals surface area contributed by atoms with Crippen LogP contribution in [0.15, 0.2) is 22.7 Å². The van der Waals surface area contributed by atoms with E-state index in [0.717, 1.165) is 16.4 Å². The zero-order chi connectivity index (χ0) is 26.4. The van der Waals surface area contributed by atoms with Crippen molar-refractivity contribution >= 4 is 84.7 Å². The molecule has 0 aliphatic carbocycles. The smallest absolute Gasteiger partial charge is 0.365 e. The van der Waals surface area contributed by atoms with E-state index in [0.29, 0.717) is 37.3 Å². The first-order chi connectivity index (χ1) is 17.2. The van der Waals surface area contributed by atoms with Crippen LogP contribution in [-0.4, -0.2) is 103 Å². The van der Waals surface area contributed by atoms with E-state index in [9.17, 15) is 14.4 Å². The van der Waals surface area contributed by atoms with Crippen molar-refractivity contribution in [3.05, 3.63) is 22.7 Å². The minimum atomic E-state index is -1.03. The van der Waals surface area contributed by atoms with E-state index in [1.165, 1.54) is 57.3 Å². The molecular weight excluding hydrogens is 545 g/mol. The molecule has 1 N–H and O–H groups in total. The second-order valence-corrected chi connectivity index (χ2v) is 10.7. The van der Waals surface area contributed by atoms with Crippen molar-refractivity contribution < 1.29 is 19.5 Å². The molecular formula is C20H22N8O4S4. The van der Waals surface area contributed by atoms with Crippen LogP contribution < -0.4 is 0 Å². The molecule has 36 heavy (non-hydrogen) atoms. The molecule has 0 aromatic carbocycles. The number of hydrogen-bond acceptors (Lipinski definition) is 13. The molecule has 0 saturated heterocycles. The molecule has 4 aromatic rings. The summed E-state index contributed by atoms with van der Waals surface area (Å²) in [5, 5.41) is 10.6. The van der Waals surface area contributed by atoms with Crippen molar-refractivity contribution in [1.82, 2.24) is 39.7 Å². The maximum atomic E-state index is 12.4. The zero-order valence-corrected chi connectivity index (χ0v) is 23.2. The number of thioether (sulfide) groups is 2. The second-order valence-electron chi connectivity index (χ2n) is 7.18. The Morgan fingerprint density at radius 1 is 0.861 bits per heavy atom. The van der Waals surface area contributed by atoms with Crippen LogP contribution in [0.3, 0.4) is 0 Å². The summed E-state index contributed by atoms with van der Waals surface area (Å²) in [5.41, 5.74) is 1.23. The number of carboxylic acid groups (broad SMARTS) is 1. The fraction of sp³-hybridized carbons (Fsp3) is 0.350. The van der Waals surface area contributed by atoms with Crippen molar-refractivity contribution in [1.29, 1.82) is 0 Å². The van der Waals surface area contributed by atoms with Gasteiger partial charge in [0.1, 0.15) is 43.4 Å². The molecule has 0 unspecified atom stereocenters. The van der Waals surface area contributed by atoms with Gasteiger partial charge in [-0.2, -0.15) is 0 Å². The van der Waals surface area contributed by atoms with E-state index in [4.69, 9.17) is 5.11 Å². The number of thiazole rings is 2. The third kappa shape index (κ3) is 6.43. The van der Waals surface area contributed by atoms with Gasteiger partial charge in [0, 0.05) is 34.1 Å². The van der Waals surface area contributed by atoms with Gasteiger partial charge < -0.3 is 14.9 Å². The zero-order valence-electron chi connectivity index (χ0n) is 20.0. The normalized spacial score (nSPS) is 10.7. The Labute approximate surface area is 222 Å². The van der Waals surface area contributed by atoms with Gasteiger partial charge in [-0.25, -0.2) is 34.7 Å². The van der Waals surface area contributed by atoms with Gasteiger partial charge in [-0.1, -0.05) is 22.7 Å². The molecule has 0 aliphatic heterocycles. The predicted octanol–water partition coefficient (Wildman–Crippen LogP) is 2.86. The van der Waals surface area contributed by atoms with Gasteiger partial charge in [0.05, 0.1) is 0 Å². The Balaban J connectivity index is 0.000000221. The lowest BCUT2D eigenvalue weighted by molar-refractivity contribution is -0.128. The highest BCUT2D eigenvalue weighted by atomic mass is 32.2. The number of fused-ring (bicyclic) bond motifs is 2. The Bertz CT molecular complexity index is 1410. The summed E-state index contributed by atoms with van der Waals surface area (Å²) in [6, 6.07) is 0. The standard InChI is InChI=1S/C13H17N5O2S2.C7H5N3O2S2/c1-17(2)8(19)5-6-18(3)13(20)12-16-9-10(21-4)14-7-15-11(9)22-12;1-13-4-3-5(9-2-8-4)14-6(10-3)7(11)12/h7H,5-6H2,1-4H3;2H,1H3,(H,11,12). The minimum absolute atomic E-state index is 0.0144. The van der Waals surface area contributed by atoms with Crippen molar-refractivity contribution in [2.45, 2.75) is 16.5 Å². The van der Waals surface area contributed by atoms with Gasteiger partial charge in [-0.3, -0.25) is 9.59 Å². The Kier molecular flexibility index (Phi) is 9.47. The molecule has 4 heterocycles. The lowest BCUT2D eigenvalue weighted by Gasteiger charge is -2.17. The molecule has 12 nitrogen and oxygen atoms in total. The first kappa shape index (κ1) is 27.6. The topological polar surface area (TPSA) is 155 Å². The molecule has 0 fully saturated rings. The average molecular weight is 567 g/mol. The second kappa shape index (κ2) is 12.3. The van der Waals surface area contributed by atoms with Crippen molar-refractivity contribution in [2.24, 2.45) is 0 Å². The highest BCUT2D eigenvalue weighted by molar-refractivity contribution is 7.99. The summed E-state index contributed by atoms with van der Waals surface area (Å²) in [4.78, 5) is 63.5. The predicted molar refractivity (Wildman–Crippen MR) is 141 cm³/mol. The highest BCUT2D eigenvalue weighted by Crippen LogP contribution is 2.27. The van der Waals surface area contributed by atoms with Crippen LogP contribution in [0.4, 0.5) is 0 Å². The number of rotatable bonds is 7. The largest absolute Gasteiger partial charge is 0.476 e. The lowest BCUT2D eigenvalue weighted by Crippen LogP contribution is -2.32. The monoisotopic (exact) mass is 566 g/mol. The summed E-state index contributed by atoms with van der Waals surface area (Å²) in [6.45, 7) is 0.354. The average Bonchev–Trinajstić information content (AvgIpc) is 3.51. The number of hydrogen-bond donors (Lipinski definition) is 1. The van der Waals surface area contributed by atoms with Gasteiger partial charge in [-0.15, -0.1) is 23.5 Å². The number of nitrogens with zero attached hydrogens (tertiary/aromatic N) is 8. The summed E-state index contributed by atoms with van der Waals surface area (Å²) in [6.07, 6.45) is 6.94. The van der Waals surface area contributed by atoms with Crippen LogP contribution in [0, 0.1) is 0 Å². The summed E-state index contributed by atoms with van der Waals surface area (Å²) in [5.74, 6) is -1.25. The first-order valence-electron chi connectivity index (χ1n) is 10.2. The Morgan fingerprint density at radius 2 is 1.36 bits per heavy atom. The van der Waals surface area contributed by atoms with Crippen molar-refractivity contribution in [3.8, 4) is 0 Å². The molecule has 0 spiro atoms. The van der Waals surface area contributed by atoms with E-state index in [1.807, 2.05) is 12.5 Å². The Morgan fingerprint density at radius 3 is 1.83 bits per heavy atom. The van der Waals surface area contributed by atoms with Crippen LogP contribution in [0.5, 0.6) is 0 Å². The number of aromatic nitrogens is 6. The molecule has 190 valence electrons. The van der Waals surface area contributed by atoms with E-state index >= 15 is 0 Å². The van der Waals surface area contributed by atoms with Crippen LogP contribution in [0.2, 0.25) is 0 Å². The molecule has 0 saturated carbocycles. The molecule has 4 aromatic heterocycles. The van der Waals surface area contributed by atoms with Gasteiger partial charge in [-0.05, 0) is 12.5 Å².